The smallest absolute Gasteiger partial charge is 0.226 e. The molecule has 2 aromatic rings. The molecule has 1 heterocycles. The van der Waals surface area contributed by atoms with Gasteiger partial charge in [0.2, 0.25) is 5.91 Å². The molecule has 23 heavy (non-hydrogen) atoms. The summed E-state index contributed by atoms with van der Waals surface area (Å²) in [4.78, 5) is 14.3. The van der Waals surface area contributed by atoms with Crippen molar-refractivity contribution in [1.29, 1.82) is 0 Å². The quantitative estimate of drug-likeness (QED) is 0.884. The second-order valence-corrected chi connectivity index (χ2v) is 5.93. The Hall–Kier alpha value is -2.49. The zero-order valence-electron chi connectivity index (χ0n) is 13.2. The van der Waals surface area contributed by atoms with Crippen LogP contribution in [0.25, 0.3) is 0 Å². The van der Waals surface area contributed by atoms with Gasteiger partial charge >= 0.3 is 0 Å². The summed E-state index contributed by atoms with van der Waals surface area (Å²) in [6.07, 6.45) is 2.35. The van der Waals surface area contributed by atoms with Crippen molar-refractivity contribution < 1.29 is 9.53 Å². The molecule has 0 spiro atoms. The number of nitrogens with zero attached hydrogens (tertiary/aromatic N) is 1. The highest BCUT2D eigenvalue weighted by Gasteiger charge is 2.23. The topological polar surface area (TPSA) is 55.6 Å². The number of anilines is 1. The fourth-order valence-corrected chi connectivity index (χ4v) is 2.90. The lowest BCUT2D eigenvalue weighted by atomic mass is 10.1. The van der Waals surface area contributed by atoms with E-state index in [1.54, 1.807) is 0 Å². The van der Waals surface area contributed by atoms with Crippen LogP contribution in [0.3, 0.4) is 0 Å². The van der Waals surface area contributed by atoms with Crippen LogP contribution in [0.4, 0.5) is 5.69 Å². The Balaban J connectivity index is 1.49. The van der Waals surface area contributed by atoms with Gasteiger partial charge in [0.15, 0.2) is 0 Å². The third-order valence-electron chi connectivity index (χ3n) is 4.15. The maximum absolute atomic E-state index is 12.4. The number of para-hydroxylation sites is 1. The van der Waals surface area contributed by atoms with E-state index in [2.05, 4.69) is 0 Å². The summed E-state index contributed by atoms with van der Waals surface area (Å²) in [7, 11) is 0. The summed E-state index contributed by atoms with van der Waals surface area (Å²) in [5.41, 5.74) is 7.43. The van der Waals surface area contributed by atoms with E-state index in [-0.39, 0.29) is 12.0 Å². The first-order valence-corrected chi connectivity index (χ1v) is 8.04. The van der Waals surface area contributed by atoms with Crippen LogP contribution in [0.15, 0.2) is 54.6 Å². The fraction of sp³-hybridized carbons (Fsp3) is 0.316. The van der Waals surface area contributed by atoms with Crippen molar-refractivity contribution in [3.8, 4) is 5.75 Å². The van der Waals surface area contributed by atoms with Crippen LogP contribution >= 0.6 is 0 Å². The molecule has 2 aromatic carbocycles. The van der Waals surface area contributed by atoms with Crippen LogP contribution in [0.1, 0.15) is 18.4 Å². The van der Waals surface area contributed by atoms with E-state index in [0.717, 1.165) is 37.2 Å². The van der Waals surface area contributed by atoms with Gasteiger partial charge in [0, 0.05) is 31.6 Å². The maximum Gasteiger partial charge on any atom is 0.226 e. The highest BCUT2D eigenvalue weighted by molar-refractivity contribution is 5.79. The van der Waals surface area contributed by atoms with Crippen molar-refractivity contribution >= 4 is 11.6 Å². The number of hydrogen-bond acceptors (Lipinski definition) is 3. The Bertz CT molecular complexity index is 649. The largest absolute Gasteiger partial charge is 0.490 e. The molecule has 0 aromatic heterocycles. The van der Waals surface area contributed by atoms with Crippen LogP contribution in [-0.4, -0.2) is 30.0 Å². The van der Waals surface area contributed by atoms with Gasteiger partial charge in [-0.15, -0.1) is 0 Å². The monoisotopic (exact) mass is 310 g/mol. The van der Waals surface area contributed by atoms with E-state index in [1.807, 2.05) is 59.5 Å². The zero-order valence-corrected chi connectivity index (χ0v) is 13.2. The van der Waals surface area contributed by atoms with Gasteiger partial charge in [-0.25, -0.2) is 0 Å². The molecule has 0 aliphatic carbocycles. The number of carbonyl (C=O) groups excluding carboxylic acids is 1. The molecule has 0 unspecified atom stereocenters. The molecule has 1 aliphatic heterocycles. The maximum atomic E-state index is 12.4. The van der Waals surface area contributed by atoms with Gasteiger partial charge in [-0.2, -0.15) is 0 Å². The van der Waals surface area contributed by atoms with Crippen molar-refractivity contribution in [3.63, 3.8) is 0 Å². The van der Waals surface area contributed by atoms with Crippen LogP contribution < -0.4 is 10.5 Å². The van der Waals surface area contributed by atoms with Crippen LogP contribution in [0, 0.1) is 0 Å². The van der Waals surface area contributed by atoms with Crippen molar-refractivity contribution in [3.05, 3.63) is 60.2 Å². The Morgan fingerprint density at radius 3 is 2.52 bits per heavy atom. The summed E-state index contributed by atoms with van der Waals surface area (Å²) < 4.78 is 5.96. The molecule has 1 saturated heterocycles. The van der Waals surface area contributed by atoms with Gasteiger partial charge in [0.1, 0.15) is 11.9 Å². The lowest BCUT2D eigenvalue weighted by molar-refractivity contribution is -0.132. The molecule has 1 amide bonds. The summed E-state index contributed by atoms with van der Waals surface area (Å²) in [6, 6.07) is 17.4. The van der Waals surface area contributed by atoms with Gasteiger partial charge in [-0.05, 0) is 29.8 Å². The number of nitrogens with two attached hydrogens (primary N) is 1. The Morgan fingerprint density at radius 1 is 1.09 bits per heavy atom. The lowest BCUT2D eigenvalue weighted by Gasteiger charge is -2.32. The first-order valence-electron chi connectivity index (χ1n) is 8.04. The molecule has 2 N–H and O–H groups in total. The van der Waals surface area contributed by atoms with Gasteiger partial charge in [0.05, 0.1) is 6.42 Å². The second kappa shape index (κ2) is 7.18. The average molecular weight is 310 g/mol. The predicted octanol–water partition coefficient (Wildman–Crippen LogP) is 2.88. The molecular formula is C19H22N2O2. The van der Waals surface area contributed by atoms with Crippen molar-refractivity contribution in [1.82, 2.24) is 4.90 Å². The summed E-state index contributed by atoms with van der Waals surface area (Å²) in [5, 5.41) is 0. The Morgan fingerprint density at radius 2 is 1.83 bits per heavy atom. The van der Waals surface area contributed by atoms with E-state index in [1.165, 1.54) is 0 Å². The molecule has 0 radical (unpaired) electrons. The molecule has 0 atom stereocenters. The molecule has 0 bridgehead atoms. The highest BCUT2D eigenvalue weighted by atomic mass is 16.5. The number of piperidine rings is 1. The summed E-state index contributed by atoms with van der Waals surface area (Å²) in [6.45, 7) is 1.50. The second-order valence-electron chi connectivity index (χ2n) is 5.93. The molecule has 120 valence electrons. The molecule has 4 nitrogen and oxygen atoms in total. The number of carbonyl (C=O) groups is 1. The van der Waals surface area contributed by atoms with Gasteiger partial charge < -0.3 is 15.4 Å². The van der Waals surface area contributed by atoms with Crippen molar-refractivity contribution in [2.45, 2.75) is 25.4 Å². The van der Waals surface area contributed by atoms with E-state index in [4.69, 9.17) is 10.5 Å². The molecule has 4 heteroatoms. The minimum atomic E-state index is 0.161. The molecule has 0 saturated carbocycles. The predicted molar refractivity (Wildman–Crippen MR) is 91.2 cm³/mol. The van der Waals surface area contributed by atoms with Crippen LogP contribution in [0.2, 0.25) is 0 Å². The number of amides is 1. The Labute approximate surface area is 136 Å². The molecule has 1 fully saturated rings. The SMILES string of the molecule is Nc1cccc(CC(=O)N2CCC(Oc3ccccc3)CC2)c1. The first-order chi connectivity index (χ1) is 11.2. The summed E-state index contributed by atoms with van der Waals surface area (Å²) in [5.74, 6) is 1.06. The number of rotatable bonds is 4. The minimum Gasteiger partial charge on any atom is -0.490 e. The minimum absolute atomic E-state index is 0.161. The van der Waals surface area contributed by atoms with Crippen LogP contribution in [0.5, 0.6) is 5.75 Å². The van der Waals surface area contributed by atoms with E-state index in [9.17, 15) is 4.79 Å². The third kappa shape index (κ3) is 4.25. The molecule has 1 aliphatic rings. The fourth-order valence-electron chi connectivity index (χ4n) is 2.90. The molecular weight excluding hydrogens is 288 g/mol. The first kappa shape index (κ1) is 15.4. The molecule has 3 rings (SSSR count). The average Bonchev–Trinajstić information content (AvgIpc) is 2.56. The van der Waals surface area contributed by atoms with E-state index in [0.29, 0.717) is 12.1 Å². The summed E-state index contributed by atoms with van der Waals surface area (Å²) >= 11 is 0. The zero-order chi connectivity index (χ0) is 16.1. The van der Waals surface area contributed by atoms with Crippen LogP contribution in [-0.2, 0) is 11.2 Å². The van der Waals surface area contributed by atoms with Gasteiger partial charge in [-0.1, -0.05) is 30.3 Å². The standard InChI is InChI=1S/C19H22N2O2/c20-16-6-4-5-15(13-16)14-19(22)21-11-9-18(10-12-21)23-17-7-2-1-3-8-17/h1-8,13,18H,9-12,14,20H2. The third-order valence-corrected chi connectivity index (χ3v) is 4.15. The lowest BCUT2D eigenvalue weighted by Crippen LogP contribution is -2.42. The van der Waals surface area contributed by atoms with E-state index >= 15 is 0 Å². The number of likely N-dealkylation sites (tertiary alicyclic amines) is 1. The normalized spacial score (nSPS) is 15.4. The number of ether oxygens (including phenoxy) is 1. The number of nitrogen functional groups attached to an aromatic ring is 1. The van der Waals surface area contributed by atoms with E-state index < -0.39 is 0 Å². The van der Waals surface area contributed by atoms with Gasteiger partial charge in [0.25, 0.3) is 0 Å². The van der Waals surface area contributed by atoms with Gasteiger partial charge in [-0.3, -0.25) is 4.79 Å². The highest BCUT2D eigenvalue weighted by Crippen LogP contribution is 2.19. The number of benzene rings is 2. The van der Waals surface area contributed by atoms with Crippen molar-refractivity contribution in [2.24, 2.45) is 0 Å². The Kier molecular flexibility index (Phi) is 4.81. The number of hydrogen-bond donors (Lipinski definition) is 1. The van der Waals surface area contributed by atoms with Crippen molar-refractivity contribution in [2.75, 3.05) is 18.8 Å².